The van der Waals surface area contributed by atoms with Gasteiger partial charge in [-0.1, -0.05) is 20.8 Å². The van der Waals surface area contributed by atoms with Gasteiger partial charge in [-0.3, -0.25) is 9.59 Å². The number of alkyl halides is 3. The number of hydrogen-bond donors (Lipinski definition) is 2. The van der Waals surface area contributed by atoms with Gasteiger partial charge < -0.3 is 10.6 Å². The second-order valence-electron chi connectivity index (χ2n) is 7.88. The van der Waals surface area contributed by atoms with Crippen LogP contribution in [-0.2, 0) is 17.6 Å². The number of hydrogen-bond acceptors (Lipinski definition) is 3. The van der Waals surface area contributed by atoms with Crippen LogP contribution in [0.1, 0.15) is 60.1 Å². The highest BCUT2D eigenvalue weighted by molar-refractivity contribution is 7.14. The number of rotatable bonds is 5. The van der Waals surface area contributed by atoms with E-state index in [1.165, 1.54) is 16.2 Å². The van der Waals surface area contributed by atoms with Gasteiger partial charge in [0.2, 0.25) is 5.91 Å². The molecule has 146 valence electrons. The predicted molar refractivity (Wildman–Crippen MR) is 95.4 cm³/mol. The number of fused-ring (bicyclic) bond motifs is 1. The third-order valence-corrected chi connectivity index (χ3v) is 5.41. The second kappa shape index (κ2) is 7.98. The van der Waals surface area contributed by atoms with E-state index in [1.807, 2.05) is 11.4 Å². The molecule has 1 aromatic heterocycles. The Bertz CT molecular complexity index is 639. The minimum Gasteiger partial charge on any atom is -0.343 e. The number of aryl methyl sites for hydroxylation is 2. The van der Waals surface area contributed by atoms with Crippen molar-refractivity contribution in [2.45, 2.75) is 65.1 Å². The van der Waals surface area contributed by atoms with E-state index in [4.69, 9.17) is 0 Å². The van der Waals surface area contributed by atoms with Crippen molar-refractivity contribution in [1.29, 1.82) is 0 Å². The molecule has 1 aliphatic carbocycles. The first-order valence-corrected chi connectivity index (χ1v) is 9.53. The highest BCUT2D eigenvalue weighted by atomic mass is 32.1. The highest BCUT2D eigenvalue weighted by Gasteiger charge is 2.42. The zero-order valence-electron chi connectivity index (χ0n) is 15.3. The molecular weight excluding hydrogens is 365 g/mol. The number of amides is 2. The summed E-state index contributed by atoms with van der Waals surface area (Å²) in [6.45, 7) is 4.56. The molecule has 1 atom stereocenters. The standard InChI is InChI=1S/C18H25F3N2O2S/c1-17(2,3)9-14(18(19,20)21)23-15(24)10-22-16(25)13-8-11-6-4-5-7-12(11)26-13/h8,14H,4-7,9-10H2,1-3H3,(H,22,25)(H,23,24)/t14-/m1/s1. The van der Waals surface area contributed by atoms with Gasteiger partial charge in [-0.15, -0.1) is 11.3 Å². The van der Waals surface area contributed by atoms with E-state index >= 15 is 0 Å². The van der Waals surface area contributed by atoms with E-state index < -0.39 is 36.0 Å². The Kier molecular flexibility index (Phi) is 6.37. The quantitative estimate of drug-likeness (QED) is 0.803. The third-order valence-electron chi connectivity index (χ3n) is 4.18. The van der Waals surface area contributed by atoms with E-state index in [2.05, 4.69) is 5.32 Å². The molecule has 8 heteroatoms. The van der Waals surface area contributed by atoms with Gasteiger partial charge in [-0.2, -0.15) is 13.2 Å². The lowest BCUT2D eigenvalue weighted by atomic mass is 9.88. The van der Waals surface area contributed by atoms with E-state index in [0.29, 0.717) is 4.88 Å². The monoisotopic (exact) mass is 390 g/mol. The first kappa shape index (κ1) is 20.7. The van der Waals surface area contributed by atoms with Crippen molar-refractivity contribution in [2.75, 3.05) is 6.54 Å². The molecule has 4 nitrogen and oxygen atoms in total. The SMILES string of the molecule is CC(C)(C)C[C@@H](NC(=O)CNC(=O)c1cc2c(s1)CCCC2)C(F)(F)F. The molecule has 0 saturated heterocycles. The van der Waals surface area contributed by atoms with Crippen molar-refractivity contribution in [1.82, 2.24) is 10.6 Å². The van der Waals surface area contributed by atoms with Crippen LogP contribution in [0, 0.1) is 5.41 Å². The van der Waals surface area contributed by atoms with Crippen LogP contribution >= 0.6 is 11.3 Å². The maximum atomic E-state index is 13.1. The lowest BCUT2D eigenvalue weighted by molar-refractivity contribution is -0.166. The topological polar surface area (TPSA) is 58.2 Å². The van der Waals surface area contributed by atoms with Gasteiger partial charge in [0.05, 0.1) is 11.4 Å². The summed E-state index contributed by atoms with van der Waals surface area (Å²) in [5.74, 6) is -1.26. The average Bonchev–Trinajstić information content (AvgIpc) is 2.94. The molecule has 0 fully saturated rings. The fourth-order valence-electron chi connectivity index (χ4n) is 2.96. The summed E-state index contributed by atoms with van der Waals surface area (Å²) in [5, 5.41) is 4.41. The van der Waals surface area contributed by atoms with Crippen LogP contribution in [0.15, 0.2) is 6.07 Å². The van der Waals surface area contributed by atoms with E-state index in [-0.39, 0.29) is 6.42 Å². The molecule has 1 heterocycles. The number of thiophene rings is 1. The van der Waals surface area contributed by atoms with Crippen LogP contribution in [0.2, 0.25) is 0 Å². The Morgan fingerprint density at radius 1 is 1.19 bits per heavy atom. The summed E-state index contributed by atoms with van der Waals surface area (Å²) < 4.78 is 39.3. The fourth-order valence-corrected chi connectivity index (χ4v) is 4.13. The number of carbonyl (C=O) groups is 2. The van der Waals surface area contributed by atoms with Gasteiger partial charge in [0.15, 0.2) is 0 Å². The van der Waals surface area contributed by atoms with E-state index in [0.717, 1.165) is 31.2 Å². The molecule has 0 spiro atoms. The molecule has 1 aromatic rings. The molecule has 2 amide bonds. The van der Waals surface area contributed by atoms with Crippen molar-refractivity contribution in [2.24, 2.45) is 5.41 Å². The van der Waals surface area contributed by atoms with Crippen LogP contribution in [-0.4, -0.2) is 30.6 Å². The van der Waals surface area contributed by atoms with Crippen LogP contribution in [0.5, 0.6) is 0 Å². The predicted octanol–water partition coefficient (Wildman–Crippen LogP) is 3.84. The average molecular weight is 390 g/mol. The molecule has 0 bridgehead atoms. The normalized spacial score (nSPS) is 15.9. The molecule has 0 radical (unpaired) electrons. The van der Waals surface area contributed by atoms with E-state index in [9.17, 15) is 22.8 Å². The smallest absolute Gasteiger partial charge is 0.343 e. The first-order chi connectivity index (χ1) is 12.0. The lowest BCUT2D eigenvalue weighted by Crippen LogP contribution is -2.50. The number of nitrogens with one attached hydrogen (secondary N) is 2. The summed E-state index contributed by atoms with van der Waals surface area (Å²) in [7, 11) is 0. The molecule has 2 rings (SSSR count). The van der Waals surface area contributed by atoms with Crippen LogP contribution in [0.3, 0.4) is 0 Å². The lowest BCUT2D eigenvalue weighted by Gasteiger charge is -2.28. The van der Waals surface area contributed by atoms with Crippen LogP contribution in [0.4, 0.5) is 13.2 Å². The molecule has 2 N–H and O–H groups in total. The van der Waals surface area contributed by atoms with Gasteiger partial charge >= 0.3 is 6.18 Å². The highest BCUT2D eigenvalue weighted by Crippen LogP contribution is 2.31. The zero-order chi connectivity index (χ0) is 19.5. The Morgan fingerprint density at radius 2 is 1.85 bits per heavy atom. The van der Waals surface area contributed by atoms with Crippen molar-refractivity contribution in [3.8, 4) is 0 Å². The van der Waals surface area contributed by atoms with Crippen molar-refractivity contribution >= 4 is 23.2 Å². The van der Waals surface area contributed by atoms with Crippen molar-refractivity contribution < 1.29 is 22.8 Å². The minimum absolute atomic E-state index is 0.228. The van der Waals surface area contributed by atoms with Crippen molar-refractivity contribution in [3.05, 3.63) is 21.4 Å². The fraction of sp³-hybridized carbons (Fsp3) is 0.667. The van der Waals surface area contributed by atoms with Crippen LogP contribution < -0.4 is 10.6 Å². The van der Waals surface area contributed by atoms with Gasteiger partial charge in [0, 0.05) is 4.88 Å². The maximum Gasteiger partial charge on any atom is 0.408 e. The summed E-state index contributed by atoms with van der Waals surface area (Å²) >= 11 is 1.40. The molecule has 0 unspecified atom stereocenters. The second-order valence-corrected chi connectivity index (χ2v) is 9.01. The Morgan fingerprint density at radius 3 is 2.42 bits per heavy atom. The summed E-state index contributed by atoms with van der Waals surface area (Å²) in [6.07, 6.45) is -0.662. The Hall–Kier alpha value is -1.57. The van der Waals surface area contributed by atoms with Gasteiger partial charge in [-0.05, 0) is 49.1 Å². The molecule has 0 aliphatic heterocycles. The zero-order valence-corrected chi connectivity index (χ0v) is 16.1. The molecule has 26 heavy (non-hydrogen) atoms. The summed E-state index contributed by atoms with van der Waals surface area (Å²) in [5.41, 5.74) is 0.574. The number of halogens is 3. The van der Waals surface area contributed by atoms with Gasteiger partial charge in [0.1, 0.15) is 6.04 Å². The molecule has 0 aromatic carbocycles. The Balaban J connectivity index is 1.90. The molecular formula is C18H25F3N2O2S. The van der Waals surface area contributed by atoms with Gasteiger partial charge in [-0.25, -0.2) is 0 Å². The van der Waals surface area contributed by atoms with Crippen molar-refractivity contribution in [3.63, 3.8) is 0 Å². The molecule has 1 aliphatic rings. The number of carbonyl (C=O) groups excluding carboxylic acids is 2. The summed E-state index contributed by atoms with van der Waals surface area (Å²) in [4.78, 5) is 25.8. The van der Waals surface area contributed by atoms with E-state index in [1.54, 1.807) is 20.8 Å². The van der Waals surface area contributed by atoms with Gasteiger partial charge in [0.25, 0.3) is 5.91 Å². The molecule has 0 saturated carbocycles. The first-order valence-electron chi connectivity index (χ1n) is 8.71. The third kappa shape index (κ3) is 6.00. The summed E-state index contributed by atoms with van der Waals surface area (Å²) in [6, 6.07) is -0.106. The van der Waals surface area contributed by atoms with Crippen LogP contribution in [0.25, 0.3) is 0 Å². The largest absolute Gasteiger partial charge is 0.408 e. The minimum atomic E-state index is -4.53. The maximum absolute atomic E-state index is 13.1. The Labute approximate surface area is 155 Å².